The fraction of sp³-hybridized carbons (Fsp3) is 0.938. The van der Waals surface area contributed by atoms with Crippen molar-refractivity contribution in [3.63, 3.8) is 0 Å². The van der Waals surface area contributed by atoms with Gasteiger partial charge in [-0.3, -0.25) is 4.79 Å². The summed E-state index contributed by atoms with van der Waals surface area (Å²) in [5.41, 5.74) is 0. The third-order valence-electron chi connectivity index (χ3n) is 3.98. The normalized spacial score (nSPS) is 18.7. The number of hydrogen-bond acceptors (Lipinski definition) is 2. The van der Waals surface area contributed by atoms with Crippen LogP contribution in [0.25, 0.3) is 0 Å². The summed E-state index contributed by atoms with van der Waals surface area (Å²) in [6, 6.07) is 0.638. The van der Waals surface area contributed by atoms with Crippen LogP contribution in [0.3, 0.4) is 0 Å². The Morgan fingerprint density at radius 2 is 1.89 bits per heavy atom. The molecule has 2 N–H and O–H groups in total. The van der Waals surface area contributed by atoms with Crippen molar-refractivity contribution >= 4 is 5.91 Å². The van der Waals surface area contributed by atoms with Gasteiger partial charge in [0.05, 0.1) is 0 Å². The molecule has 0 saturated carbocycles. The van der Waals surface area contributed by atoms with E-state index >= 15 is 0 Å². The van der Waals surface area contributed by atoms with Gasteiger partial charge in [-0.2, -0.15) is 0 Å². The first kappa shape index (κ1) is 16.5. The van der Waals surface area contributed by atoms with Crippen LogP contribution in [0.5, 0.6) is 0 Å². The molecule has 0 aromatic heterocycles. The molecule has 0 bridgehead atoms. The second-order valence-corrected chi connectivity index (χ2v) is 5.80. The van der Waals surface area contributed by atoms with Gasteiger partial charge < -0.3 is 10.6 Å². The molecule has 0 radical (unpaired) electrons. The Balaban J connectivity index is 1.82. The molecule has 0 aromatic carbocycles. The minimum Gasteiger partial charge on any atom is -0.356 e. The molecule has 1 atom stereocenters. The van der Waals surface area contributed by atoms with E-state index in [9.17, 15) is 4.79 Å². The van der Waals surface area contributed by atoms with Crippen molar-refractivity contribution in [2.24, 2.45) is 0 Å². The lowest BCUT2D eigenvalue weighted by Crippen LogP contribution is -2.30. The minimum absolute atomic E-state index is 0.242. The minimum atomic E-state index is 0.242. The fourth-order valence-corrected chi connectivity index (χ4v) is 2.72. The van der Waals surface area contributed by atoms with Gasteiger partial charge in [-0.25, -0.2) is 0 Å². The highest BCUT2D eigenvalue weighted by atomic mass is 16.1. The van der Waals surface area contributed by atoms with Crippen molar-refractivity contribution in [3.05, 3.63) is 0 Å². The number of carbonyl (C=O) groups is 1. The lowest BCUT2D eigenvalue weighted by atomic mass is 10.1. The molecule has 3 nitrogen and oxygen atoms in total. The zero-order valence-corrected chi connectivity index (χ0v) is 12.7. The maximum atomic E-state index is 11.6. The SMILES string of the molecule is CCCCCCCCCC(=O)NCCC1CCCN1. The summed E-state index contributed by atoms with van der Waals surface area (Å²) in [6.45, 7) is 4.23. The molecule has 1 fully saturated rings. The van der Waals surface area contributed by atoms with Crippen LogP contribution in [-0.4, -0.2) is 25.0 Å². The molecule has 0 aliphatic carbocycles. The molecule has 19 heavy (non-hydrogen) atoms. The molecule has 1 amide bonds. The molecule has 0 spiro atoms. The Kier molecular flexibility index (Phi) is 9.78. The molecular weight excluding hydrogens is 236 g/mol. The number of hydrogen-bond donors (Lipinski definition) is 2. The monoisotopic (exact) mass is 268 g/mol. The van der Waals surface area contributed by atoms with E-state index in [1.54, 1.807) is 0 Å². The van der Waals surface area contributed by atoms with E-state index in [0.29, 0.717) is 12.5 Å². The summed E-state index contributed by atoms with van der Waals surface area (Å²) in [4.78, 5) is 11.6. The van der Waals surface area contributed by atoms with Crippen molar-refractivity contribution < 1.29 is 4.79 Å². The Bertz CT molecular complexity index is 225. The Morgan fingerprint density at radius 1 is 1.16 bits per heavy atom. The van der Waals surface area contributed by atoms with Crippen LogP contribution in [0.15, 0.2) is 0 Å². The van der Waals surface area contributed by atoms with Gasteiger partial charge >= 0.3 is 0 Å². The Labute approximate surface area is 118 Å². The van der Waals surface area contributed by atoms with E-state index in [1.165, 1.54) is 51.4 Å². The van der Waals surface area contributed by atoms with Gasteiger partial charge in [0.15, 0.2) is 0 Å². The van der Waals surface area contributed by atoms with Crippen LogP contribution >= 0.6 is 0 Å². The largest absolute Gasteiger partial charge is 0.356 e. The van der Waals surface area contributed by atoms with Gasteiger partial charge in [-0.1, -0.05) is 45.4 Å². The van der Waals surface area contributed by atoms with Crippen molar-refractivity contribution in [1.29, 1.82) is 0 Å². The van der Waals surface area contributed by atoms with Crippen molar-refractivity contribution in [3.8, 4) is 0 Å². The zero-order valence-electron chi connectivity index (χ0n) is 12.7. The standard InChI is InChI=1S/C16H32N2O/c1-2-3-4-5-6-7-8-11-16(19)18-14-12-15-10-9-13-17-15/h15,17H,2-14H2,1H3,(H,18,19). The first-order valence-electron chi connectivity index (χ1n) is 8.33. The van der Waals surface area contributed by atoms with Crippen molar-refractivity contribution in [1.82, 2.24) is 10.6 Å². The summed E-state index contributed by atoms with van der Waals surface area (Å²) < 4.78 is 0. The van der Waals surface area contributed by atoms with Gasteiger partial charge in [0.1, 0.15) is 0 Å². The molecule has 1 heterocycles. The summed E-state index contributed by atoms with van der Waals surface area (Å²) in [5, 5.41) is 6.50. The predicted molar refractivity (Wildman–Crippen MR) is 81.3 cm³/mol. The third-order valence-corrected chi connectivity index (χ3v) is 3.98. The number of rotatable bonds is 11. The van der Waals surface area contributed by atoms with Crippen LogP contribution in [0.4, 0.5) is 0 Å². The van der Waals surface area contributed by atoms with Gasteiger partial charge in [0.2, 0.25) is 5.91 Å². The molecule has 1 rings (SSSR count). The van der Waals surface area contributed by atoms with Crippen molar-refractivity contribution in [2.75, 3.05) is 13.1 Å². The summed E-state index contributed by atoms with van der Waals surface area (Å²) in [6.07, 6.45) is 13.3. The second-order valence-electron chi connectivity index (χ2n) is 5.80. The molecule has 112 valence electrons. The number of amides is 1. The van der Waals surface area contributed by atoms with Crippen LogP contribution < -0.4 is 10.6 Å². The highest BCUT2D eigenvalue weighted by Gasteiger charge is 2.13. The van der Waals surface area contributed by atoms with E-state index < -0.39 is 0 Å². The van der Waals surface area contributed by atoms with Gasteiger partial charge in [0, 0.05) is 19.0 Å². The summed E-state index contributed by atoms with van der Waals surface area (Å²) in [7, 11) is 0. The average molecular weight is 268 g/mol. The van der Waals surface area contributed by atoms with Crippen LogP contribution in [0.2, 0.25) is 0 Å². The van der Waals surface area contributed by atoms with E-state index in [4.69, 9.17) is 0 Å². The fourth-order valence-electron chi connectivity index (χ4n) is 2.72. The van der Waals surface area contributed by atoms with Crippen LogP contribution in [-0.2, 0) is 4.79 Å². The quantitative estimate of drug-likeness (QED) is 0.564. The van der Waals surface area contributed by atoms with Gasteiger partial charge in [-0.05, 0) is 32.2 Å². The predicted octanol–water partition coefficient (Wildman–Crippen LogP) is 3.39. The molecule has 1 aliphatic rings. The van der Waals surface area contributed by atoms with Crippen molar-refractivity contribution in [2.45, 2.75) is 83.6 Å². The van der Waals surface area contributed by atoms with Crippen LogP contribution in [0.1, 0.15) is 77.6 Å². The van der Waals surface area contributed by atoms with E-state index in [0.717, 1.165) is 25.9 Å². The molecule has 1 aliphatic heterocycles. The summed E-state index contributed by atoms with van der Waals surface area (Å²) >= 11 is 0. The van der Waals surface area contributed by atoms with E-state index in [-0.39, 0.29) is 5.91 Å². The van der Waals surface area contributed by atoms with Gasteiger partial charge in [-0.15, -0.1) is 0 Å². The lowest BCUT2D eigenvalue weighted by Gasteiger charge is -2.10. The Hall–Kier alpha value is -0.570. The number of unbranched alkanes of at least 4 members (excludes halogenated alkanes) is 6. The topological polar surface area (TPSA) is 41.1 Å². The molecule has 1 unspecified atom stereocenters. The average Bonchev–Trinajstić information content (AvgIpc) is 2.91. The van der Waals surface area contributed by atoms with Crippen LogP contribution in [0, 0.1) is 0 Å². The van der Waals surface area contributed by atoms with Gasteiger partial charge in [0.25, 0.3) is 0 Å². The molecular formula is C16H32N2O. The maximum Gasteiger partial charge on any atom is 0.219 e. The Morgan fingerprint density at radius 3 is 2.58 bits per heavy atom. The lowest BCUT2D eigenvalue weighted by molar-refractivity contribution is -0.121. The number of nitrogens with one attached hydrogen (secondary N) is 2. The molecule has 0 aromatic rings. The third kappa shape index (κ3) is 9.04. The molecule has 3 heteroatoms. The zero-order chi connectivity index (χ0) is 13.8. The maximum absolute atomic E-state index is 11.6. The highest BCUT2D eigenvalue weighted by Crippen LogP contribution is 2.09. The first-order chi connectivity index (χ1) is 9.33. The smallest absolute Gasteiger partial charge is 0.219 e. The first-order valence-corrected chi connectivity index (χ1v) is 8.33. The second kappa shape index (κ2) is 11.3. The number of carbonyl (C=O) groups excluding carboxylic acids is 1. The summed E-state index contributed by atoms with van der Waals surface area (Å²) in [5.74, 6) is 0.242. The van der Waals surface area contributed by atoms with E-state index in [2.05, 4.69) is 17.6 Å². The highest BCUT2D eigenvalue weighted by molar-refractivity contribution is 5.75. The molecule has 1 saturated heterocycles. The van der Waals surface area contributed by atoms with E-state index in [1.807, 2.05) is 0 Å².